The van der Waals surface area contributed by atoms with E-state index in [2.05, 4.69) is 29.3 Å². The number of hydrogen-bond donors (Lipinski definition) is 4. The molecule has 0 radical (unpaired) electrons. The van der Waals surface area contributed by atoms with Crippen molar-refractivity contribution in [2.45, 2.75) is 85.8 Å². The normalized spacial score (nSPS) is 14.0. The van der Waals surface area contributed by atoms with Crippen molar-refractivity contribution < 1.29 is 48.4 Å². The molecule has 0 spiro atoms. The zero-order chi connectivity index (χ0) is 37.1. The maximum absolute atomic E-state index is 13.3. The third-order valence-electron chi connectivity index (χ3n) is 8.47. The van der Waals surface area contributed by atoms with Gasteiger partial charge in [-0.25, -0.2) is 4.79 Å². The molecular weight excluding hydrogens is 640 g/mol. The smallest absolute Gasteiger partial charge is 0.407 e. The van der Waals surface area contributed by atoms with Crippen LogP contribution in [0.3, 0.4) is 0 Å². The van der Waals surface area contributed by atoms with E-state index in [1.807, 2.05) is 32.0 Å². The van der Waals surface area contributed by atoms with Crippen LogP contribution in [0, 0.1) is 39.2 Å². The molecule has 1 aromatic rings. The molecule has 4 unspecified atom stereocenters. The Kier molecular flexibility index (Phi) is 19.4. The fourth-order valence-electron chi connectivity index (χ4n) is 5.07. The number of nitrogens with zero attached hydrogens (tertiary/aromatic N) is 1. The summed E-state index contributed by atoms with van der Waals surface area (Å²) in [5, 5.41) is 26.6. The van der Waals surface area contributed by atoms with Crippen molar-refractivity contribution in [2.24, 2.45) is 34.8 Å². The summed E-state index contributed by atoms with van der Waals surface area (Å²) >= 11 is 0. The molecule has 0 saturated carbocycles. The summed E-state index contributed by atoms with van der Waals surface area (Å²) in [7, 11) is 3.20. The number of alkyl carbamates (subject to hydrolysis) is 1. The number of nitrogens with two attached hydrogens (primary N) is 1. The molecule has 49 heavy (non-hydrogen) atoms. The van der Waals surface area contributed by atoms with Gasteiger partial charge >= 0.3 is 6.09 Å². The summed E-state index contributed by atoms with van der Waals surface area (Å²) in [6.07, 6.45) is -0.196. The minimum absolute atomic E-state index is 0.0228. The summed E-state index contributed by atoms with van der Waals surface area (Å²) in [6, 6.07) is 4.90. The monoisotopic (exact) mass is 698 g/mol. The maximum Gasteiger partial charge on any atom is 0.407 e. The Bertz CT molecular complexity index is 1180. The first-order valence-electron chi connectivity index (χ1n) is 16.8. The summed E-state index contributed by atoms with van der Waals surface area (Å²) in [6.45, 7) is 11.8. The Hall–Kier alpha value is -3.85. The van der Waals surface area contributed by atoms with E-state index < -0.39 is 40.6 Å². The number of benzene rings is 1. The van der Waals surface area contributed by atoms with Gasteiger partial charge in [0.25, 0.3) is 5.09 Å². The zero-order valence-corrected chi connectivity index (χ0v) is 30.3. The van der Waals surface area contributed by atoms with Gasteiger partial charge in [0.05, 0.1) is 44.5 Å². The number of hydrogen-bond acceptors (Lipinski definition) is 11. The van der Waals surface area contributed by atoms with Gasteiger partial charge in [0.2, 0.25) is 11.8 Å². The molecule has 3 amide bonds. The Morgan fingerprint density at radius 2 is 1.65 bits per heavy atom. The standard InChI is InChI=1S/C34H58N4O11/c1-22(2)25(17-24-11-12-29(46-8)30(18-24)47-14-9-13-45-7)19-27(37-33(42)48-15-10-16-49-38(43)44)28(39)20-26(23(3)4)31(40)36-21-34(5,6)32(35)41/h11-12,18,22-23,25-28,39H,9-10,13-17,19-21H2,1-8H3,(H2,35,41)(H,36,40)(H,37,42). The van der Waals surface area contributed by atoms with Crippen molar-refractivity contribution in [3.63, 3.8) is 0 Å². The Labute approximate surface area is 290 Å². The molecule has 1 rings (SSSR count). The van der Waals surface area contributed by atoms with Crippen molar-refractivity contribution >= 4 is 17.9 Å². The SMILES string of the molecule is COCCCOc1cc(CC(CC(NC(=O)OCCCO[N+](=O)[O-])C(O)CC(C(=O)NCC(C)(C)C(N)=O)C(C)C)C(C)C)ccc1OC. The second kappa shape index (κ2) is 22.0. The van der Waals surface area contributed by atoms with Crippen LogP contribution < -0.4 is 25.8 Å². The van der Waals surface area contributed by atoms with Crippen LogP contribution in [-0.2, 0) is 30.3 Å². The number of nitrogens with one attached hydrogen (secondary N) is 2. The highest BCUT2D eigenvalue weighted by Gasteiger charge is 2.34. The van der Waals surface area contributed by atoms with Gasteiger partial charge < -0.3 is 45.3 Å². The highest BCUT2D eigenvalue weighted by Crippen LogP contribution is 2.32. The van der Waals surface area contributed by atoms with Gasteiger partial charge in [-0.3, -0.25) is 9.59 Å². The average Bonchev–Trinajstić information content (AvgIpc) is 3.03. The molecule has 0 aromatic heterocycles. The first kappa shape index (κ1) is 43.2. The van der Waals surface area contributed by atoms with Gasteiger partial charge in [-0.2, -0.15) is 0 Å². The van der Waals surface area contributed by atoms with Crippen LogP contribution in [0.1, 0.15) is 72.8 Å². The molecule has 4 atom stereocenters. The van der Waals surface area contributed by atoms with Gasteiger partial charge in [0.15, 0.2) is 11.5 Å². The van der Waals surface area contributed by atoms with Crippen LogP contribution in [0.25, 0.3) is 0 Å². The van der Waals surface area contributed by atoms with E-state index in [0.29, 0.717) is 44.0 Å². The molecule has 0 aliphatic carbocycles. The molecule has 0 bridgehead atoms. The Balaban J connectivity index is 3.22. The van der Waals surface area contributed by atoms with E-state index in [1.165, 1.54) is 0 Å². The van der Waals surface area contributed by atoms with E-state index >= 15 is 0 Å². The van der Waals surface area contributed by atoms with Gasteiger partial charge in [-0.1, -0.05) is 33.8 Å². The molecule has 0 fully saturated rings. The molecule has 0 heterocycles. The van der Waals surface area contributed by atoms with Crippen molar-refractivity contribution in [1.82, 2.24) is 10.6 Å². The average molecular weight is 699 g/mol. The summed E-state index contributed by atoms with van der Waals surface area (Å²) in [5.74, 6) is -0.427. The highest BCUT2D eigenvalue weighted by atomic mass is 16.9. The fourth-order valence-corrected chi connectivity index (χ4v) is 5.07. The van der Waals surface area contributed by atoms with E-state index in [0.717, 1.165) is 5.56 Å². The lowest BCUT2D eigenvalue weighted by atomic mass is 9.80. The number of primary amides is 1. The molecule has 15 nitrogen and oxygen atoms in total. The topological polar surface area (TPSA) is 211 Å². The minimum atomic E-state index is -1.15. The lowest BCUT2D eigenvalue weighted by Gasteiger charge is -2.32. The Morgan fingerprint density at radius 1 is 0.980 bits per heavy atom. The van der Waals surface area contributed by atoms with Crippen molar-refractivity contribution in [3.05, 3.63) is 33.9 Å². The molecule has 0 aliphatic rings. The number of carbonyl (C=O) groups is 3. The second-order valence-corrected chi connectivity index (χ2v) is 13.5. The largest absolute Gasteiger partial charge is 0.493 e. The van der Waals surface area contributed by atoms with Crippen LogP contribution in [0.2, 0.25) is 0 Å². The molecule has 280 valence electrons. The van der Waals surface area contributed by atoms with Gasteiger partial charge in [0.1, 0.15) is 0 Å². The Morgan fingerprint density at radius 3 is 2.22 bits per heavy atom. The molecule has 15 heteroatoms. The highest BCUT2D eigenvalue weighted by molar-refractivity contribution is 5.83. The lowest BCUT2D eigenvalue weighted by molar-refractivity contribution is -0.757. The second-order valence-electron chi connectivity index (χ2n) is 13.5. The number of methoxy groups -OCH3 is 2. The summed E-state index contributed by atoms with van der Waals surface area (Å²) in [5.41, 5.74) is 5.48. The summed E-state index contributed by atoms with van der Waals surface area (Å²) < 4.78 is 21.8. The van der Waals surface area contributed by atoms with Crippen LogP contribution in [-0.4, -0.2) is 87.4 Å². The molecule has 0 aliphatic heterocycles. The van der Waals surface area contributed by atoms with Crippen molar-refractivity contribution in [3.8, 4) is 11.5 Å². The van der Waals surface area contributed by atoms with E-state index in [-0.39, 0.29) is 56.3 Å². The summed E-state index contributed by atoms with van der Waals surface area (Å²) in [4.78, 5) is 52.6. The van der Waals surface area contributed by atoms with Gasteiger partial charge in [0, 0.05) is 39.0 Å². The van der Waals surface area contributed by atoms with E-state index in [9.17, 15) is 29.6 Å². The number of carbonyl (C=O) groups excluding carboxylic acids is 3. The molecule has 0 saturated heterocycles. The van der Waals surface area contributed by atoms with Gasteiger partial charge in [-0.15, -0.1) is 10.1 Å². The van der Waals surface area contributed by atoms with Crippen LogP contribution in [0.5, 0.6) is 11.5 Å². The number of ether oxygens (including phenoxy) is 4. The predicted octanol–water partition coefficient (Wildman–Crippen LogP) is 3.66. The molecular formula is C34H58N4O11. The first-order chi connectivity index (χ1) is 23.0. The molecule has 5 N–H and O–H groups in total. The predicted molar refractivity (Wildman–Crippen MR) is 182 cm³/mol. The number of amides is 3. The van der Waals surface area contributed by atoms with E-state index in [1.54, 1.807) is 28.1 Å². The minimum Gasteiger partial charge on any atom is -0.493 e. The van der Waals surface area contributed by atoms with Crippen LogP contribution in [0.4, 0.5) is 4.79 Å². The molecule has 1 aromatic carbocycles. The fraction of sp³-hybridized carbons (Fsp3) is 0.735. The number of aliphatic hydroxyl groups excluding tert-OH is 1. The van der Waals surface area contributed by atoms with Crippen molar-refractivity contribution in [2.75, 3.05) is 47.2 Å². The maximum atomic E-state index is 13.3. The van der Waals surface area contributed by atoms with Crippen molar-refractivity contribution in [1.29, 1.82) is 0 Å². The van der Waals surface area contributed by atoms with Crippen LogP contribution in [0.15, 0.2) is 18.2 Å². The first-order valence-corrected chi connectivity index (χ1v) is 16.8. The third-order valence-corrected chi connectivity index (χ3v) is 8.47. The van der Waals surface area contributed by atoms with Gasteiger partial charge in [-0.05, 0) is 68.6 Å². The number of rotatable bonds is 25. The zero-order valence-electron chi connectivity index (χ0n) is 30.3. The third kappa shape index (κ3) is 16.4. The van der Waals surface area contributed by atoms with E-state index in [4.69, 9.17) is 24.7 Å². The number of aliphatic hydroxyl groups is 1. The lowest BCUT2D eigenvalue weighted by Crippen LogP contribution is -2.49. The quantitative estimate of drug-likeness (QED) is 0.0658. The van der Waals surface area contributed by atoms with Crippen LogP contribution >= 0.6 is 0 Å².